The zero-order valence-electron chi connectivity index (χ0n) is 12.3. The second-order valence-electron chi connectivity index (χ2n) is 5.83. The topological polar surface area (TPSA) is 71.2 Å². The van der Waals surface area contributed by atoms with E-state index in [4.69, 9.17) is 5.73 Å². The maximum Gasteiger partial charge on any atom is 0.231 e. The summed E-state index contributed by atoms with van der Waals surface area (Å²) in [6, 6.07) is 0. The molecule has 0 unspecified atom stereocenters. The van der Waals surface area contributed by atoms with Gasteiger partial charge in [-0.2, -0.15) is 15.0 Å². The maximum atomic E-state index is 5.87. The molecule has 1 aromatic heterocycles. The third-order valence-electron chi connectivity index (χ3n) is 4.49. The highest BCUT2D eigenvalue weighted by Gasteiger charge is 2.22. The Morgan fingerprint density at radius 1 is 0.950 bits per heavy atom. The van der Waals surface area contributed by atoms with Crippen molar-refractivity contribution < 1.29 is 0 Å². The Morgan fingerprint density at radius 2 is 1.50 bits per heavy atom. The molecule has 0 amide bonds. The predicted octanol–water partition coefficient (Wildman–Crippen LogP) is 1.68. The van der Waals surface area contributed by atoms with E-state index >= 15 is 0 Å². The Morgan fingerprint density at radius 3 is 2.05 bits per heavy atom. The number of anilines is 3. The van der Waals surface area contributed by atoms with Gasteiger partial charge in [0.05, 0.1) is 0 Å². The molecule has 0 bridgehead atoms. The highest BCUT2D eigenvalue weighted by atomic mass is 15.4. The van der Waals surface area contributed by atoms with Gasteiger partial charge in [0.1, 0.15) is 0 Å². The van der Waals surface area contributed by atoms with Gasteiger partial charge >= 0.3 is 0 Å². The van der Waals surface area contributed by atoms with Gasteiger partial charge in [0.2, 0.25) is 17.8 Å². The molecule has 2 saturated heterocycles. The number of rotatable bonds is 3. The van der Waals surface area contributed by atoms with Crippen LogP contribution in [0.25, 0.3) is 0 Å². The second kappa shape index (κ2) is 5.81. The Kier molecular flexibility index (Phi) is 3.89. The van der Waals surface area contributed by atoms with E-state index in [9.17, 15) is 0 Å². The average molecular weight is 276 g/mol. The van der Waals surface area contributed by atoms with Crippen LogP contribution in [0.4, 0.5) is 17.8 Å². The zero-order chi connectivity index (χ0) is 13.9. The SMILES string of the molecule is CCC1CCN(c2nc(N)nc(N3CCCC3)n2)CC1. The summed E-state index contributed by atoms with van der Waals surface area (Å²) in [6.07, 6.45) is 6.14. The van der Waals surface area contributed by atoms with Gasteiger partial charge in [-0.25, -0.2) is 0 Å². The molecule has 20 heavy (non-hydrogen) atoms. The molecule has 2 fully saturated rings. The Hall–Kier alpha value is -1.59. The number of piperidine rings is 1. The van der Waals surface area contributed by atoms with Crippen molar-refractivity contribution >= 4 is 17.8 Å². The van der Waals surface area contributed by atoms with Crippen LogP contribution in [0.15, 0.2) is 0 Å². The number of nitrogen functional groups attached to an aromatic ring is 1. The third kappa shape index (κ3) is 2.78. The quantitative estimate of drug-likeness (QED) is 0.905. The van der Waals surface area contributed by atoms with Crippen molar-refractivity contribution in [3.63, 3.8) is 0 Å². The lowest BCUT2D eigenvalue weighted by Gasteiger charge is -2.31. The molecule has 0 atom stereocenters. The summed E-state index contributed by atoms with van der Waals surface area (Å²) in [5.74, 6) is 2.70. The number of hydrogen-bond donors (Lipinski definition) is 1. The highest BCUT2D eigenvalue weighted by molar-refractivity contribution is 5.44. The molecular weight excluding hydrogens is 252 g/mol. The van der Waals surface area contributed by atoms with Gasteiger partial charge in [0, 0.05) is 26.2 Å². The molecule has 0 aromatic carbocycles. The van der Waals surface area contributed by atoms with E-state index in [1.54, 1.807) is 0 Å². The molecule has 2 aliphatic rings. The van der Waals surface area contributed by atoms with E-state index in [1.165, 1.54) is 32.1 Å². The lowest BCUT2D eigenvalue weighted by atomic mass is 9.95. The van der Waals surface area contributed by atoms with E-state index in [2.05, 4.69) is 31.7 Å². The van der Waals surface area contributed by atoms with Crippen LogP contribution in [0, 0.1) is 5.92 Å². The van der Waals surface area contributed by atoms with Crippen LogP contribution in [0.5, 0.6) is 0 Å². The van der Waals surface area contributed by atoms with Gasteiger partial charge in [0.15, 0.2) is 0 Å². The zero-order valence-corrected chi connectivity index (χ0v) is 12.3. The van der Waals surface area contributed by atoms with Gasteiger partial charge in [-0.15, -0.1) is 0 Å². The maximum absolute atomic E-state index is 5.87. The molecule has 0 radical (unpaired) electrons. The molecule has 1 aromatic rings. The standard InChI is InChI=1S/C14H24N6/c1-2-11-5-9-20(10-6-11)14-17-12(15)16-13(18-14)19-7-3-4-8-19/h11H,2-10H2,1H3,(H2,15,16,17,18). The normalized spacial score (nSPS) is 20.6. The largest absolute Gasteiger partial charge is 0.368 e. The van der Waals surface area contributed by atoms with Crippen LogP contribution in [0.2, 0.25) is 0 Å². The first kappa shape index (κ1) is 13.4. The number of aromatic nitrogens is 3. The third-order valence-corrected chi connectivity index (χ3v) is 4.49. The van der Waals surface area contributed by atoms with Gasteiger partial charge in [-0.05, 0) is 31.6 Å². The molecule has 110 valence electrons. The molecule has 3 heterocycles. The van der Waals surface area contributed by atoms with E-state index in [0.717, 1.165) is 44.0 Å². The molecule has 2 aliphatic heterocycles. The van der Waals surface area contributed by atoms with Crippen molar-refractivity contribution in [2.45, 2.75) is 39.0 Å². The van der Waals surface area contributed by atoms with Crippen LogP contribution < -0.4 is 15.5 Å². The minimum Gasteiger partial charge on any atom is -0.368 e. The first-order chi connectivity index (χ1) is 9.76. The predicted molar refractivity (Wildman–Crippen MR) is 80.9 cm³/mol. The van der Waals surface area contributed by atoms with Crippen molar-refractivity contribution in [2.24, 2.45) is 5.92 Å². The molecule has 6 heteroatoms. The monoisotopic (exact) mass is 276 g/mol. The summed E-state index contributed by atoms with van der Waals surface area (Å²) in [4.78, 5) is 17.7. The Balaban J connectivity index is 1.76. The van der Waals surface area contributed by atoms with Crippen molar-refractivity contribution in [2.75, 3.05) is 41.7 Å². The summed E-state index contributed by atoms with van der Waals surface area (Å²) in [5.41, 5.74) is 5.87. The van der Waals surface area contributed by atoms with E-state index in [-0.39, 0.29) is 0 Å². The van der Waals surface area contributed by atoms with Crippen LogP contribution >= 0.6 is 0 Å². The minimum absolute atomic E-state index is 0.342. The van der Waals surface area contributed by atoms with E-state index in [0.29, 0.717) is 5.95 Å². The molecule has 6 nitrogen and oxygen atoms in total. The number of nitrogens with zero attached hydrogens (tertiary/aromatic N) is 5. The molecule has 2 N–H and O–H groups in total. The fourth-order valence-electron chi connectivity index (χ4n) is 3.11. The first-order valence-electron chi connectivity index (χ1n) is 7.77. The van der Waals surface area contributed by atoms with Crippen molar-refractivity contribution in [3.05, 3.63) is 0 Å². The molecule has 0 spiro atoms. The first-order valence-corrected chi connectivity index (χ1v) is 7.77. The minimum atomic E-state index is 0.342. The smallest absolute Gasteiger partial charge is 0.231 e. The summed E-state index contributed by atoms with van der Waals surface area (Å²) in [6.45, 7) is 6.39. The second-order valence-corrected chi connectivity index (χ2v) is 5.83. The van der Waals surface area contributed by atoms with E-state index < -0.39 is 0 Å². The molecule has 0 aliphatic carbocycles. The van der Waals surface area contributed by atoms with Gasteiger partial charge in [0.25, 0.3) is 0 Å². The molecular formula is C14H24N6. The van der Waals surface area contributed by atoms with Crippen molar-refractivity contribution in [1.82, 2.24) is 15.0 Å². The van der Waals surface area contributed by atoms with Crippen LogP contribution in [0.3, 0.4) is 0 Å². The van der Waals surface area contributed by atoms with Crippen molar-refractivity contribution in [3.8, 4) is 0 Å². The highest BCUT2D eigenvalue weighted by Crippen LogP contribution is 2.25. The van der Waals surface area contributed by atoms with Gasteiger partial charge in [-0.1, -0.05) is 13.3 Å². The van der Waals surface area contributed by atoms with Crippen molar-refractivity contribution in [1.29, 1.82) is 0 Å². The van der Waals surface area contributed by atoms with Gasteiger partial charge < -0.3 is 15.5 Å². The summed E-state index contributed by atoms with van der Waals surface area (Å²) < 4.78 is 0. The summed E-state index contributed by atoms with van der Waals surface area (Å²) in [7, 11) is 0. The van der Waals surface area contributed by atoms with E-state index in [1.807, 2.05) is 0 Å². The molecule has 3 rings (SSSR count). The lowest BCUT2D eigenvalue weighted by Crippen LogP contribution is -2.35. The average Bonchev–Trinajstić information content (AvgIpc) is 3.01. The van der Waals surface area contributed by atoms with Crippen LogP contribution in [-0.2, 0) is 0 Å². The van der Waals surface area contributed by atoms with Gasteiger partial charge in [-0.3, -0.25) is 0 Å². The number of nitrogens with two attached hydrogens (primary N) is 1. The van der Waals surface area contributed by atoms with Crippen LogP contribution in [-0.4, -0.2) is 41.1 Å². The fourth-order valence-corrected chi connectivity index (χ4v) is 3.11. The van der Waals surface area contributed by atoms with Crippen LogP contribution in [0.1, 0.15) is 39.0 Å². The molecule has 0 saturated carbocycles. The summed E-state index contributed by atoms with van der Waals surface area (Å²) in [5, 5.41) is 0. The number of hydrogen-bond acceptors (Lipinski definition) is 6. The fraction of sp³-hybridized carbons (Fsp3) is 0.786. The summed E-state index contributed by atoms with van der Waals surface area (Å²) >= 11 is 0. The Bertz CT molecular complexity index is 449. The lowest BCUT2D eigenvalue weighted by molar-refractivity contribution is 0.392. The Labute approximate surface area is 120 Å².